The molecular weight excluding hydrogens is 126 g/mol. The summed E-state index contributed by atoms with van der Waals surface area (Å²) >= 11 is 0. The average Bonchev–Trinajstić information content (AvgIpc) is 1.98. The van der Waals surface area contributed by atoms with Gasteiger partial charge in [-0.15, -0.1) is 0 Å². The summed E-state index contributed by atoms with van der Waals surface area (Å²) in [6.07, 6.45) is 0.489. The number of hydrogen-bond donors (Lipinski definition) is 0. The van der Waals surface area contributed by atoms with Crippen molar-refractivity contribution in [1.29, 1.82) is 10.5 Å². The molecule has 0 heterocycles. The second-order valence-corrected chi connectivity index (χ2v) is 2.19. The molecular formula is C7H11N3. The minimum atomic E-state index is -0.0895. The molecule has 0 aromatic rings. The first-order valence-electron chi connectivity index (χ1n) is 3.19. The molecule has 3 heteroatoms. The first-order chi connectivity index (χ1) is 4.72. The minimum absolute atomic E-state index is 0.0895. The van der Waals surface area contributed by atoms with Crippen LogP contribution in [0.25, 0.3) is 0 Å². The molecule has 0 rings (SSSR count). The Kier molecular flexibility index (Phi) is 4.28. The monoisotopic (exact) mass is 137 g/mol. The lowest BCUT2D eigenvalue weighted by Gasteiger charge is -2.16. The molecule has 3 nitrogen and oxygen atoms in total. The standard InChI is InChI=1S/C7H11N3/c1-7(6-9)10(2)5-3-4-8/h7H,3,5H2,1-2H3. The highest BCUT2D eigenvalue weighted by Gasteiger charge is 2.05. The van der Waals surface area contributed by atoms with Gasteiger partial charge in [-0.1, -0.05) is 0 Å². The lowest BCUT2D eigenvalue weighted by atomic mass is 10.3. The topological polar surface area (TPSA) is 50.8 Å². The summed E-state index contributed by atoms with van der Waals surface area (Å²) in [7, 11) is 1.84. The lowest BCUT2D eigenvalue weighted by Crippen LogP contribution is -2.28. The molecule has 0 aromatic heterocycles. The molecule has 1 atom stereocenters. The van der Waals surface area contributed by atoms with E-state index < -0.39 is 0 Å². The Balaban J connectivity index is 3.56. The van der Waals surface area contributed by atoms with Gasteiger partial charge in [0.25, 0.3) is 0 Å². The summed E-state index contributed by atoms with van der Waals surface area (Å²) in [5.74, 6) is 0. The number of hydrogen-bond acceptors (Lipinski definition) is 3. The lowest BCUT2D eigenvalue weighted by molar-refractivity contribution is 0.310. The van der Waals surface area contributed by atoms with Crippen molar-refractivity contribution < 1.29 is 0 Å². The van der Waals surface area contributed by atoms with Gasteiger partial charge in [-0.2, -0.15) is 10.5 Å². The van der Waals surface area contributed by atoms with E-state index in [0.717, 1.165) is 0 Å². The molecule has 0 amide bonds. The van der Waals surface area contributed by atoms with Gasteiger partial charge < -0.3 is 0 Å². The zero-order valence-electron chi connectivity index (χ0n) is 6.33. The van der Waals surface area contributed by atoms with Crippen molar-refractivity contribution in [3.05, 3.63) is 0 Å². The molecule has 0 saturated carbocycles. The van der Waals surface area contributed by atoms with Crippen LogP contribution >= 0.6 is 0 Å². The van der Waals surface area contributed by atoms with Gasteiger partial charge in [0.1, 0.15) is 0 Å². The van der Waals surface area contributed by atoms with Gasteiger partial charge in [-0.3, -0.25) is 4.90 Å². The van der Waals surface area contributed by atoms with Gasteiger partial charge in [-0.25, -0.2) is 0 Å². The van der Waals surface area contributed by atoms with E-state index in [4.69, 9.17) is 10.5 Å². The van der Waals surface area contributed by atoms with E-state index >= 15 is 0 Å². The summed E-state index contributed by atoms with van der Waals surface area (Å²) in [6, 6.07) is 4.03. The molecule has 0 fully saturated rings. The zero-order valence-corrected chi connectivity index (χ0v) is 6.33. The summed E-state index contributed by atoms with van der Waals surface area (Å²) in [5.41, 5.74) is 0. The predicted octanol–water partition coefficient (Wildman–Crippen LogP) is 0.744. The smallest absolute Gasteiger partial charge is 0.0947 e. The summed E-state index contributed by atoms with van der Waals surface area (Å²) in [5, 5.41) is 16.6. The van der Waals surface area contributed by atoms with Crippen molar-refractivity contribution in [1.82, 2.24) is 4.90 Å². The molecule has 0 aliphatic heterocycles. The van der Waals surface area contributed by atoms with Crippen LogP contribution in [0.2, 0.25) is 0 Å². The number of nitrogens with zero attached hydrogens (tertiary/aromatic N) is 3. The molecule has 0 aliphatic rings. The Morgan fingerprint density at radius 3 is 2.50 bits per heavy atom. The van der Waals surface area contributed by atoms with Crippen molar-refractivity contribution in [3.63, 3.8) is 0 Å². The Morgan fingerprint density at radius 2 is 2.10 bits per heavy atom. The maximum Gasteiger partial charge on any atom is 0.0947 e. The van der Waals surface area contributed by atoms with E-state index in [1.54, 1.807) is 0 Å². The number of nitriles is 2. The average molecular weight is 137 g/mol. The quantitative estimate of drug-likeness (QED) is 0.576. The molecule has 0 radical (unpaired) electrons. The van der Waals surface area contributed by atoms with Crippen LogP contribution in [-0.4, -0.2) is 24.5 Å². The van der Waals surface area contributed by atoms with E-state index in [0.29, 0.717) is 13.0 Å². The van der Waals surface area contributed by atoms with Crippen molar-refractivity contribution >= 4 is 0 Å². The molecule has 0 saturated heterocycles. The third-order valence-electron chi connectivity index (χ3n) is 1.42. The molecule has 0 N–H and O–H groups in total. The van der Waals surface area contributed by atoms with Crippen molar-refractivity contribution in [2.45, 2.75) is 19.4 Å². The molecule has 10 heavy (non-hydrogen) atoms. The largest absolute Gasteiger partial charge is 0.290 e. The van der Waals surface area contributed by atoms with Gasteiger partial charge >= 0.3 is 0 Å². The van der Waals surface area contributed by atoms with E-state index in [1.807, 2.05) is 24.9 Å². The van der Waals surface area contributed by atoms with Crippen LogP contribution in [0.3, 0.4) is 0 Å². The van der Waals surface area contributed by atoms with Crippen molar-refractivity contribution in [3.8, 4) is 12.1 Å². The maximum atomic E-state index is 8.43. The van der Waals surface area contributed by atoms with Gasteiger partial charge in [0.05, 0.1) is 18.2 Å². The highest BCUT2D eigenvalue weighted by molar-refractivity contribution is 4.87. The summed E-state index contributed by atoms with van der Waals surface area (Å²) < 4.78 is 0. The minimum Gasteiger partial charge on any atom is -0.290 e. The maximum absolute atomic E-state index is 8.43. The molecule has 54 valence electrons. The second-order valence-electron chi connectivity index (χ2n) is 2.19. The van der Waals surface area contributed by atoms with E-state index in [1.165, 1.54) is 0 Å². The van der Waals surface area contributed by atoms with Crippen LogP contribution in [0.5, 0.6) is 0 Å². The van der Waals surface area contributed by atoms with Crippen LogP contribution < -0.4 is 0 Å². The third-order valence-corrected chi connectivity index (χ3v) is 1.42. The highest BCUT2D eigenvalue weighted by atomic mass is 15.1. The van der Waals surface area contributed by atoms with E-state index in [2.05, 4.69) is 6.07 Å². The third kappa shape index (κ3) is 3.06. The van der Waals surface area contributed by atoms with Crippen LogP contribution in [0.1, 0.15) is 13.3 Å². The fourth-order valence-corrected chi connectivity index (χ4v) is 0.519. The Morgan fingerprint density at radius 1 is 1.50 bits per heavy atom. The van der Waals surface area contributed by atoms with Crippen LogP contribution in [0, 0.1) is 22.7 Å². The Labute approximate surface area is 61.5 Å². The van der Waals surface area contributed by atoms with Gasteiger partial charge in [0, 0.05) is 13.0 Å². The normalized spacial score (nSPS) is 12.1. The molecule has 0 spiro atoms. The van der Waals surface area contributed by atoms with Crippen molar-refractivity contribution in [2.24, 2.45) is 0 Å². The van der Waals surface area contributed by atoms with E-state index in [9.17, 15) is 0 Å². The van der Waals surface area contributed by atoms with Gasteiger partial charge in [-0.05, 0) is 14.0 Å². The SMILES string of the molecule is CC(C#N)N(C)CCC#N. The van der Waals surface area contributed by atoms with Gasteiger partial charge in [0.15, 0.2) is 0 Å². The van der Waals surface area contributed by atoms with Crippen molar-refractivity contribution in [2.75, 3.05) is 13.6 Å². The van der Waals surface area contributed by atoms with Gasteiger partial charge in [0.2, 0.25) is 0 Å². The van der Waals surface area contributed by atoms with Crippen LogP contribution in [0.15, 0.2) is 0 Å². The fourth-order valence-electron chi connectivity index (χ4n) is 0.519. The van der Waals surface area contributed by atoms with Crippen LogP contribution in [0.4, 0.5) is 0 Å². The zero-order chi connectivity index (χ0) is 7.98. The number of rotatable bonds is 3. The molecule has 1 unspecified atom stereocenters. The Bertz CT molecular complexity index is 163. The van der Waals surface area contributed by atoms with Crippen LogP contribution in [-0.2, 0) is 0 Å². The second kappa shape index (κ2) is 4.78. The first-order valence-corrected chi connectivity index (χ1v) is 3.19. The van der Waals surface area contributed by atoms with E-state index in [-0.39, 0.29) is 6.04 Å². The molecule has 0 aromatic carbocycles. The fraction of sp³-hybridized carbons (Fsp3) is 0.714. The molecule has 0 bridgehead atoms. The predicted molar refractivity (Wildman–Crippen MR) is 37.9 cm³/mol. The highest BCUT2D eigenvalue weighted by Crippen LogP contribution is 1.93. The molecule has 0 aliphatic carbocycles. The summed E-state index contributed by atoms with van der Waals surface area (Å²) in [6.45, 7) is 2.49. The first kappa shape index (κ1) is 8.94. The Hall–Kier alpha value is -1.06. The summed E-state index contributed by atoms with van der Waals surface area (Å²) in [4.78, 5) is 1.85.